The highest BCUT2D eigenvalue weighted by atomic mass is 35.5. The Morgan fingerprint density at radius 3 is 1.91 bits per heavy atom. The first-order valence-corrected chi connectivity index (χ1v) is 20.6. The lowest BCUT2D eigenvalue weighted by molar-refractivity contribution is -0.141. The Hall–Kier alpha value is -1.60. The summed E-state index contributed by atoms with van der Waals surface area (Å²) in [7, 11) is -7.36. The van der Waals surface area contributed by atoms with Gasteiger partial charge in [-0.3, -0.25) is 4.79 Å². The highest BCUT2D eigenvalue weighted by Crippen LogP contribution is 2.35. The van der Waals surface area contributed by atoms with Crippen LogP contribution in [0.5, 0.6) is 0 Å². The molecule has 14 heteroatoms. The number of piperidine rings is 2. The van der Waals surface area contributed by atoms with Crippen LogP contribution in [0.2, 0.25) is 15.1 Å². The molecule has 2 atom stereocenters. The van der Waals surface area contributed by atoms with Gasteiger partial charge in [-0.05, 0) is 93.2 Å². The van der Waals surface area contributed by atoms with Gasteiger partial charge in [0, 0.05) is 32.2 Å². The fourth-order valence-corrected chi connectivity index (χ4v) is 10.8. The second-order valence-electron chi connectivity index (χ2n) is 13.3. The zero-order valence-corrected chi connectivity index (χ0v) is 30.3. The highest BCUT2D eigenvalue weighted by molar-refractivity contribution is 7.89. The topological polar surface area (TPSA) is 124 Å². The van der Waals surface area contributed by atoms with Crippen LogP contribution in [0, 0.1) is 17.8 Å². The fourth-order valence-electron chi connectivity index (χ4n) is 7.24. The number of benzene rings is 2. The maximum atomic E-state index is 13.0. The maximum absolute atomic E-state index is 13.0. The summed E-state index contributed by atoms with van der Waals surface area (Å²) in [6.07, 6.45) is 11.0. The van der Waals surface area contributed by atoms with Gasteiger partial charge in [-0.25, -0.2) is 21.6 Å². The molecule has 2 aliphatic heterocycles. The second kappa shape index (κ2) is 16.0. The second-order valence-corrected chi connectivity index (χ2v) is 18.1. The predicted octanol–water partition coefficient (Wildman–Crippen LogP) is 7.45. The first-order chi connectivity index (χ1) is 22.3. The van der Waals surface area contributed by atoms with Crippen molar-refractivity contribution < 1.29 is 26.7 Å². The third kappa shape index (κ3) is 9.35. The molecule has 9 nitrogen and oxygen atoms in total. The van der Waals surface area contributed by atoms with Gasteiger partial charge in [-0.2, -0.15) is 4.31 Å². The zero-order valence-electron chi connectivity index (χ0n) is 26.4. The highest BCUT2D eigenvalue weighted by Gasteiger charge is 2.33. The Kier molecular flexibility index (Phi) is 12.4. The molecule has 1 saturated carbocycles. The van der Waals surface area contributed by atoms with Gasteiger partial charge in [-0.1, -0.05) is 66.9 Å². The molecule has 0 radical (unpaired) electrons. The van der Waals surface area contributed by atoms with E-state index in [-0.39, 0.29) is 20.9 Å². The van der Waals surface area contributed by atoms with Crippen LogP contribution in [0.3, 0.4) is 0 Å². The number of hydrogen-bond acceptors (Lipinski definition) is 6. The van der Waals surface area contributed by atoms with Crippen molar-refractivity contribution >= 4 is 66.5 Å². The third-order valence-corrected chi connectivity index (χ3v) is 14.6. The maximum Gasteiger partial charge on any atom is 0.306 e. The molecular weight excluding hydrogens is 705 g/mol. The van der Waals surface area contributed by atoms with Crippen LogP contribution in [0.1, 0.15) is 77.0 Å². The average molecular weight is 749 g/mol. The summed E-state index contributed by atoms with van der Waals surface area (Å²) < 4.78 is 56.2. The number of anilines is 1. The summed E-state index contributed by atoms with van der Waals surface area (Å²) in [6, 6.07) is 8.93. The van der Waals surface area contributed by atoms with E-state index < -0.39 is 31.9 Å². The lowest BCUT2D eigenvalue weighted by Crippen LogP contribution is -2.38. The number of carboxylic acid groups (broad SMARTS) is 1. The monoisotopic (exact) mass is 747 g/mol. The minimum Gasteiger partial charge on any atom is -0.481 e. The van der Waals surface area contributed by atoms with Crippen LogP contribution in [0.25, 0.3) is 0 Å². The van der Waals surface area contributed by atoms with Gasteiger partial charge >= 0.3 is 5.97 Å². The van der Waals surface area contributed by atoms with E-state index in [2.05, 4.69) is 9.62 Å². The zero-order chi connectivity index (χ0) is 33.8. The van der Waals surface area contributed by atoms with Crippen LogP contribution in [0.15, 0.2) is 46.2 Å². The van der Waals surface area contributed by atoms with Crippen LogP contribution in [-0.4, -0.2) is 64.4 Å². The number of carboxylic acids is 1. The number of halogens is 3. The van der Waals surface area contributed by atoms with E-state index in [1.807, 2.05) is 0 Å². The Morgan fingerprint density at radius 2 is 1.34 bits per heavy atom. The molecule has 47 heavy (non-hydrogen) atoms. The number of nitrogens with zero attached hydrogens (tertiary/aromatic N) is 2. The average Bonchev–Trinajstić information content (AvgIpc) is 3.51. The van der Waals surface area contributed by atoms with Gasteiger partial charge in [0.1, 0.15) is 0 Å². The molecule has 1 aliphatic carbocycles. The fraction of sp³-hybridized carbons (Fsp3) is 0.606. The Labute approximate surface area is 294 Å². The van der Waals surface area contributed by atoms with Gasteiger partial charge in [0.25, 0.3) is 0 Å². The van der Waals surface area contributed by atoms with Crippen LogP contribution >= 0.6 is 34.8 Å². The summed E-state index contributed by atoms with van der Waals surface area (Å²) in [6.45, 7) is 2.80. The summed E-state index contributed by atoms with van der Waals surface area (Å²) >= 11 is 18.6. The number of unbranched alkanes of at least 4 members (excludes halogenated alkanes) is 2. The summed E-state index contributed by atoms with van der Waals surface area (Å²) in [5, 5.41) is 10.2. The number of nitrogens with one attached hydrogen (secondary N) is 1. The van der Waals surface area contributed by atoms with Crippen molar-refractivity contribution in [3.05, 3.63) is 51.5 Å². The van der Waals surface area contributed by atoms with Crippen LogP contribution in [0.4, 0.5) is 5.69 Å². The Balaban J connectivity index is 0.984. The van der Waals surface area contributed by atoms with E-state index in [0.717, 1.165) is 57.3 Å². The Bertz CT molecular complexity index is 1630. The molecule has 2 aromatic rings. The van der Waals surface area contributed by atoms with Gasteiger partial charge in [0.15, 0.2) is 0 Å². The number of aliphatic carboxylic acids is 1. The molecule has 0 aromatic heterocycles. The van der Waals surface area contributed by atoms with Gasteiger partial charge < -0.3 is 10.0 Å². The number of hydrogen-bond donors (Lipinski definition) is 2. The van der Waals surface area contributed by atoms with E-state index in [9.17, 15) is 26.7 Å². The minimum atomic E-state index is -3.80. The van der Waals surface area contributed by atoms with Crippen LogP contribution in [-0.2, 0) is 24.8 Å². The summed E-state index contributed by atoms with van der Waals surface area (Å²) in [5.41, 5.74) is 0.840. The van der Waals surface area contributed by atoms with E-state index in [0.29, 0.717) is 54.2 Å². The molecule has 2 aromatic carbocycles. The molecule has 3 aliphatic rings. The number of sulfonamides is 2. The molecule has 5 rings (SSSR count). The van der Waals surface area contributed by atoms with Crippen molar-refractivity contribution in [1.29, 1.82) is 0 Å². The van der Waals surface area contributed by atoms with Crippen molar-refractivity contribution in [3.63, 3.8) is 0 Å². The molecular formula is C33H44Cl3N3O6S2. The summed E-state index contributed by atoms with van der Waals surface area (Å²) in [4.78, 5) is 13.7. The standard InChI is InChI=1S/C33H44Cl3N3O6S2/c34-29-10-8-28(22-30(29)35)47(44,45)39-18-14-24(15-19-39)5-3-1-2-4-23-12-16-38(17-13-23)32-11-9-27(21-31(32)36)46(42,43)37-26-7-6-25(20-26)33(40)41/h8-11,21-26,37H,1-7,12-20H2,(H,40,41). The minimum absolute atomic E-state index is 0.0961. The third-order valence-electron chi connectivity index (χ3n) is 10.1. The van der Waals surface area contributed by atoms with Gasteiger partial charge in [0.2, 0.25) is 20.0 Å². The molecule has 260 valence electrons. The van der Waals surface area contributed by atoms with E-state index in [4.69, 9.17) is 34.8 Å². The molecule has 0 spiro atoms. The van der Waals surface area contributed by atoms with Crippen LogP contribution < -0.4 is 9.62 Å². The van der Waals surface area contributed by atoms with Crippen molar-refractivity contribution in [2.75, 3.05) is 31.1 Å². The van der Waals surface area contributed by atoms with Crippen molar-refractivity contribution in [2.24, 2.45) is 17.8 Å². The molecule has 2 N–H and O–H groups in total. The van der Waals surface area contributed by atoms with E-state index >= 15 is 0 Å². The number of carbonyl (C=O) groups is 1. The van der Waals surface area contributed by atoms with Crippen molar-refractivity contribution in [3.8, 4) is 0 Å². The van der Waals surface area contributed by atoms with Crippen molar-refractivity contribution in [1.82, 2.24) is 9.03 Å². The van der Waals surface area contributed by atoms with E-state index in [1.165, 1.54) is 43.5 Å². The quantitative estimate of drug-likeness (QED) is 0.204. The SMILES string of the molecule is O=C(O)C1CCC(NS(=O)(=O)c2ccc(N3CCC(CCCCCC4CCN(S(=O)(=O)c5ccc(Cl)c(Cl)c5)CC4)CC3)c(Cl)c2)C1. The molecule has 3 fully saturated rings. The summed E-state index contributed by atoms with van der Waals surface area (Å²) in [5.74, 6) is -0.188. The first kappa shape index (κ1) is 36.7. The largest absolute Gasteiger partial charge is 0.481 e. The molecule has 0 bridgehead atoms. The van der Waals surface area contributed by atoms with E-state index in [1.54, 1.807) is 16.4 Å². The number of rotatable bonds is 13. The first-order valence-electron chi connectivity index (χ1n) is 16.6. The Morgan fingerprint density at radius 1 is 0.745 bits per heavy atom. The lowest BCUT2D eigenvalue weighted by atomic mass is 9.89. The molecule has 0 amide bonds. The lowest BCUT2D eigenvalue weighted by Gasteiger charge is -2.34. The normalized spacial score (nSPS) is 22.1. The smallest absolute Gasteiger partial charge is 0.306 e. The molecule has 2 saturated heterocycles. The van der Waals surface area contributed by atoms with Gasteiger partial charge in [0.05, 0.1) is 36.5 Å². The molecule has 2 heterocycles. The predicted molar refractivity (Wildman–Crippen MR) is 187 cm³/mol. The van der Waals surface area contributed by atoms with Crippen molar-refractivity contribution in [2.45, 2.75) is 92.9 Å². The molecule has 2 unspecified atom stereocenters. The van der Waals surface area contributed by atoms with Gasteiger partial charge in [-0.15, -0.1) is 0 Å².